The SMILES string of the molecule is CCC(O)(CC)CNC(C)c1ccc(C(=O)O)o1. The molecule has 0 aromatic carbocycles. The average Bonchev–Trinajstić information content (AvgIpc) is 2.85. The third kappa shape index (κ3) is 3.58. The summed E-state index contributed by atoms with van der Waals surface area (Å²) in [4.78, 5) is 10.7. The number of carboxylic acid groups (broad SMARTS) is 1. The van der Waals surface area contributed by atoms with E-state index in [-0.39, 0.29) is 11.8 Å². The summed E-state index contributed by atoms with van der Waals surface area (Å²) in [6, 6.07) is 2.93. The Morgan fingerprint density at radius 1 is 1.44 bits per heavy atom. The molecule has 0 saturated heterocycles. The van der Waals surface area contributed by atoms with E-state index in [2.05, 4.69) is 5.32 Å². The molecule has 1 atom stereocenters. The second-order valence-corrected chi connectivity index (χ2v) is 4.54. The Kier molecular flexibility index (Phi) is 4.93. The molecule has 102 valence electrons. The van der Waals surface area contributed by atoms with Crippen LogP contribution in [0.2, 0.25) is 0 Å². The Hall–Kier alpha value is -1.33. The second-order valence-electron chi connectivity index (χ2n) is 4.54. The van der Waals surface area contributed by atoms with E-state index in [0.29, 0.717) is 25.1 Å². The summed E-state index contributed by atoms with van der Waals surface area (Å²) in [6.07, 6.45) is 1.34. The van der Waals surface area contributed by atoms with Crippen LogP contribution in [-0.2, 0) is 0 Å². The van der Waals surface area contributed by atoms with Crippen LogP contribution < -0.4 is 5.32 Å². The van der Waals surface area contributed by atoms with Gasteiger partial charge in [0.25, 0.3) is 0 Å². The van der Waals surface area contributed by atoms with E-state index in [1.54, 1.807) is 6.07 Å². The summed E-state index contributed by atoms with van der Waals surface area (Å²) in [5, 5.41) is 22.0. The minimum atomic E-state index is -1.08. The van der Waals surface area contributed by atoms with Crippen molar-refractivity contribution in [3.8, 4) is 0 Å². The molecule has 0 aliphatic carbocycles. The normalized spacial score (nSPS) is 13.6. The van der Waals surface area contributed by atoms with Crippen molar-refractivity contribution >= 4 is 5.97 Å². The van der Waals surface area contributed by atoms with Crippen molar-refractivity contribution in [1.82, 2.24) is 5.32 Å². The smallest absolute Gasteiger partial charge is 0.371 e. The van der Waals surface area contributed by atoms with Crippen molar-refractivity contribution in [2.24, 2.45) is 0 Å². The molecule has 1 rings (SSSR count). The van der Waals surface area contributed by atoms with Gasteiger partial charge in [0.2, 0.25) is 5.76 Å². The zero-order valence-electron chi connectivity index (χ0n) is 11.1. The maximum absolute atomic E-state index is 10.7. The highest BCUT2D eigenvalue weighted by Crippen LogP contribution is 2.19. The summed E-state index contributed by atoms with van der Waals surface area (Å²) >= 11 is 0. The van der Waals surface area contributed by atoms with E-state index in [9.17, 15) is 9.90 Å². The van der Waals surface area contributed by atoms with Gasteiger partial charge in [-0.3, -0.25) is 0 Å². The fraction of sp³-hybridized carbons (Fsp3) is 0.615. The van der Waals surface area contributed by atoms with Gasteiger partial charge >= 0.3 is 5.97 Å². The van der Waals surface area contributed by atoms with Gasteiger partial charge in [0, 0.05) is 6.54 Å². The molecule has 18 heavy (non-hydrogen) atoms. The van der Waals surface area contributed by atoms with E-state index in [1.165, 1.54) is 6.07 Å². The predicted octanol–water partition coefficient (Wildman–Crippen LogP) is 2.18. The quantitative estimate of drug-likeness (QED) is 0.695. The topological polar surface area (TPSA) is 82.7 Å². The standard InChI is InChI=1S/C13H21NO4/c1-4-13(17,5-2)8-14-9(3)10-6-7-11(18-10)12(15)16/h6-7,9,14,17H,4-5,8H2,1-3H3,(H,15,16). The minimum absolute atomic E-state index is 0.0695. The molecule has 1 heterocycles. The highest BCUT2D eigenvalue weighted by atomic mass is 16.4. The van der Waals surface area contributed by atoms with Crippen LogP contribution in [-0.4, -0.2) is 28.3 Å². The van der Waals surface area contributed by atoms with E-state index < -0.39 is 11.6 Å². The van der Waals surface area contributed by atoms with E-state index in [0.717, 1.165) is 0 Å². The third-order valence-electron chi connectivity index (χ3n) is 3.32. The van der Waals surface area contributed by atoms with Gasteiger partial charge in [-0.1, -0.05) is 13.8 Å². The molecule has 1 aromatic heterocycles. The van der Waals surface area contributed by atoms with Crippen molar-refractivity contribution in [3.63, 3.8) is 0 Å². The van der Waals surface area contributed by atoms with Crippen molar-refractivity contribution in [2.75, 3.05) is 6.54 Å². The van der Waals surface area contributed by atoms with Gasteiger partial charge in [-0.15, -0.1) is 0 Å². The van der Waals surface area contributed by atoms with Crippen molar-refractivity contribution < 1.29 is 19.4 Å². The second kappa shape index (κ2) is 6.02. The van der Waals surface area contributed by atoms with Gasteiger partial charge < -0.3 is 19.9 Å². The van der Waals surface area contributed by atoms with Gasteiger partial charge in [0.15, 0.2) is 0 Å². The number of carbonyl (C=O) groups is 1. The first kappa shape index (κ1) is 14.7. The summed E-state index contributed by atoms with van der Waals surface area (Å²) in [5.41, 5.74) is -0.726. The highest BCUT2D eigenvalue weighted by molar-refractivity contribution is 5.84. The Morgan fingerprint density at radius 3 is 2.50 bits per heavy atom. The van der Waals surface area contributed by atoms with Crippen LogP contribution >= 0.6 is 0 Å². The number of carboxylic acids is 1. The molecule has 1 unspecified atom stereocenters. The Labute approximate surface area is 107 Å². The number of hydrogen-bond donors (Lipinski definition) is 3. The molecule has 0 aliphatic rings. The van der Waals surface area contributed by atoms with Crippen molar-refractivity contribution in [1.29, 1.82) is 0 Å². The summed E-state index contributed by atoms with van der Waals surface area (Å²) in [7, 11) is 0. The number of hydrogen-bond acceptors (Lipinski definition) is 4. The fourth-order valence-corrected chi connectivity index (χ4v) is 1.64. The molecule has 0 fully saturated rings. The monoisotopic (exact) mass is 255 g/mol. The Balaban J connectivity index is 2.59. The predicted molar refractivity (Wildman–Crippen MR) is 67.6 cm³/mol. The van der Waals surface area contributed by atoms with Gasteiger partial charge in [-0.25, -0.2) is 4.79 Å². The first-order valence-corrected chi connectivity index (χ1v) is 6.20. The maximum Gasteiger partial charge on any atom is 0.371 e. The highest BCUT2D eigenvalue weighted by Gasteiger charge is 2.23. The Bertz CT molecular complexity index is 395. The zero-order valence-corrected chi connectivity index (χ0v) is 11.1. The van der Waals surface area contributed by atoms with Crippen LogP contribution in [0.4, 0.5) is 0 Å². The molecule has 0 amide bonds. The molecule has 0 saturated carbocycles. The number of aromatic carboxylic acids is 1. The summed E-state index contributed by atoms with van der Waals surface area (Å²) in [6.45, 7) is 6.19. The van der Waals surface area contributed by atoms with Gasteiger partial charge in [0.1, 0.15) is 5.76 Å². The summed E-state index contributed by atoms with van der Waals surface area (Å²) in [5.74, 6) is -0.589. The van der Waals surface area contributed by atoms with Crippen LogP contribution in [0, 0.1) is 0 Å². The Morgan fingerprint density at radius 2 is 2.06 bits per heavy atom. The zero-order chi connectivity index (χ0) is 13.8. The number of rotatable bonds is 7. The van der Waals surface area contributed by atoms with Gasteiger partial charge in [-0.2, -0.15) is 0 Å². The summed E-state index contributed by atoms with van der Waals surface area (Å²) < 4.78 is 5.20. The van der Waals surface area contributed by atoms with E-state index in [1.807, 2.05) is 20.8 Å². The largest absolute Gasteiger partial charge is 0.475 e. The number of nitrogens with one attached hydrogen (secondary N) is 1. The lowest BCUT2D eigenvalue weighted by atomic mass is 9.97. The van der Waals surface area contributed by atoms with Crippen LogP contribution in [0.1, 0.15) is 56.0 Å². The fourth-order valence-electron chi connectivity index (χ4n) is 1.64. The number of aliphatic hydroxyl groups is 1. The average molecular weight is 255 g/mol. The maximum atomic E-state index is 10.7. The molecule has 0 radical (unpaired) electrons. The lowest BCUT2D eigenvalue weighted by Gasteiger charge is -2.27. The molecule has 1 aromatic rings. The molecule has 0 aliphatic heterocycles. The first-order valence-electron chi connectivity index (χ1n) is 6.20. The molecule has 3 N–H and O–H groups in total. The van der Waals surface area contributed by atoms with Crippen LogP contribution in [0.15, 0.2) is 16.5 Å². The number of furan rings is 1. The molecular weight excluding hydrogens is 234 g/mol. The van der Waals surface area contributed by atoms with Crippen LogP contribution in [0.5, 0.6) is 0 Å². The van der Waals surface area contributed by atoms with E-state index >= 15 is 0 Å². The van der Waals surface area contributed by atoms with Gasteiger partial charge in [-0.05, 0) is 31.9 Å². The molecule has 0 bridgehead atoms. The third-order valence-corrected chi connectivity index (χ3v) is 3.32. The van der Waals surface area contributed by atoms with E-state index in [4.69, 9.17) is 9.52 Å². The first-order chi connectivity index (χ1) is 8.41. The molecule has 5 nitrogen and oxygen atoms in total. The minimum Gasteiger partial charge on any atom is -0.475 e. The molecule has 5 heteroatoms. The van der Waals surface area contributed by atoms with Crippen molar-refractivity contribution in [2.45, 2.75) is 45.3 Å². The van der Waals surface area contributed by atoms with Crippen molar-refractivity contribution in [3.05, 3.63) is 23.7 Å². The van der Waals surface area contributed by atoms with Gasteiger partial charge in [0.05, 0.1) is 11.6 Å². The van der Waals surface area contributed by atoms with Crippen LogP contribution in [0.3, 0.4) is 0 Å². The lowest BCUT2D eigenvalue weighted by Crippen LogP contribution is -2.40. The van der Waals surface area contributed by atoms with Crippen LogP contribution in [0.25, 0.3) is 0 Å². The molecule has 0 spiro atoms. The molecular formula is C13H21NO4. The lowest BCUT2D eigenvalue weighted by molar-refractivity contribution is 0.0296.